The van der Waals surface area contributed by atoms with Crippen molar-refractivity contribution in [2.75, 3.05) is 44.6 Å². The number of benzene rings is 2. The second-order valence-corrected chi connectivity index (χ2v) is 8.88. The van der Waals surface area contributed by atoms with Gasteiger partial charge in [0.15, 0.2) is 5.82 Å². The molecule has 0 bridgehead atoms. The lowest BCUT2D eigenvalue weighted by molar-refractivity contribution is -0.137. The highest BCUT2D eigenvalue weighted by Crippen LogP contribution is 2.35. The molecule has 0 spiro atoms. The Labute approximate surface area is 193 Å². The quantitative estimate of drug-likeness (QED) is 0.455. The molecule has 1 saturated heterocycles. The molecule has 0 unspecified atom stereocenters. The van der Waals surface area contributed by atoms with E-state index in [4.69, 9.17) is 0 Å². The molecule has 0 amide bonds. The molecule has 1 aliphatic rings. The first kappa shape index (κ1) is 22.9. The molecule has 170 valence electrons. The number of para-hydroxylation sites is 1. The Morgan fingerprint density at radius 3 is 2.66 bits per heavy atom. The van der Waals surface area contributed by atoms with Crippen LogP contribution in [0, 0.1) is 6.92 Å². The highest BCUT2D eigenvalue weighted by molar-refractivity contribution is 9.10. The van der Waals surface area contributed by atoms with Gasteiger partial charge in [0, 0.05) is 48.1 Å². The van der Waals surface area contributed by atoms with Crippen molar-refractivity contribution in [3.63, 3.8) is 0 Å². The highest BCUT2D eigenvalue weighted by atomic mass is 79.9. The Kier molecular flexibility index (Phi) is 6.97. The molecular formula is C23H25BrF3N5. The Hall–Kier alpha value is -2.23. The van der Waals surface area contributed by atoms with E-state index in [0.29, 0.717) is 15.9 Å². The van der Waals surface area contributed by atoms with Crippen LogP contribution in [0.2, 0.25) is 0 Å². The van der Waals surface area contributed by atoms with Crippen LogP contribution < -0.4 is 10.6 Å². The fourth-order valence-electron chi connectivity index (χ4n) is 3.89. The van der Waals surface area contributed by atoms with Crippen molar-refractivity contribution in [3.8, 4) is 11.4 Å². The maximum absolute atomic E-state index is 13.3. The first-order chi connectivity index (χ1) is 15.3. The van der Waals surface area contributed by atoms with Crippen molar-refractivity contribution >= 4 is 32.7 Å². The summed E-state index contributed by atoms with van der Waals surface area (Å²) in [5, 5.41) is 7.61. The van der Waals surface area contributed by atoms with Gasteiger partial charge in [0.2, 0.25) is 0 Å². The second-order valence-electron chi connectivity index (χ2n) is 7.97. The van der Waals surface area contributed by atoms with Crippen LogP contribution in [-0.4, -0.2) is 54.1 Å². The number of aryl methyl sites for hydroxylation is 1. The van der Waals surface area contributed by atoms with Gasteiger partial charge in [-0.25, -0.2) is 9.97 Å². The van der Waals surface area contributed by atoms with Gasteiger partial charge < -0.3 is 15.5 Å². The van der Waals surface area contributed by atoms with E-state index in [2.05, 4.69) is 41.4 Å². The van der Waals surface area contributed by atoms with E-state index < -0.39 is 11.7 Å². The fraction of sp³-hybridized carbons (Fsp3) is 0.391. The van der Waals surface area contributed by atoms with Crippen molar-refractivity contribution in [3.05, 3.63) is 52.0 Å². The number of alkyl halides is 3. The smallest absolute Gasteiger partial charge is 0.369 e. The van der Waals surface area contributed by atoms with Gasteiger partial charge in [-0.1, -0.05) is 28.1 Å². The molecule has 2 aromatic carbocycles. The predicted molar refractivity (Wildman–Crippen MR) is 125 cm³/mol. The largest absolute Gasteiger partial charge is 0.416 e. The summed E-state index contributed by atoms with van der Waals surface area (Å²) in [4.78, 5) is 11.7. The summed E-state index contributed by atoms with van der Waals surface area (Å²) in [5.74, 6) is 0.908. The molecule has 0 radical (unpaired) electrons. The number of hydrogen-bond donors (Lipinski definition) is 2. The van der Waals surface area contributed by atoms with Crippen LogP contribution in [0.15, 0.2) is 40.9 Å². The van der Waals surface area contributed by atoms with Gasteiger partial charge in [0.05, 0.1) is 11.1 Å². The standard InChI is InChI=1S/C23H25BrF3N5/c1-15-4-2-5-19-20(15)30-21(16-12-17(23(25,26)27)14-18(24)13-16)31-22(19)29-6-3-9-32-10-7-28-8-11-32/h2,4-5,12-14,28H,3,6-11H2,1H3,(H,29,30,31). The van der Waals surface area contributed by atoms with Gasteiger partial charge in [0.25, 0.3) is 0 Å². The van der Waals surface area contributed by atoms with Crippen molar-refractivity contribution < 1.29 is 13.2 Å². The average Bonchev–Trinajstić information content (AvgIpc) is 2.76. The zero-order valence-electron chi connectivity index (χ0n) is 17.8. The molecule has 2 N–H and O–H groups in total. The molecule has 0 aliphatic carbocycles. The van der Waals surface area contributed by atoms with Crippen LogP contribution >= 0.6 is 15.9 Å². The third kappa shape index (κ3) is 5.39. The summed E-state index contributed by atoms with van der Waals surface area (Å²) in [5.41, 5.74) is 1.26. The number of fused-ring (bicyclic) bond motifs is 1. The maximum Gasteiger partial charge on any atom is 0.416 e. The second kappa shape index (κ2) is 9.72. The van der Waals surface area contributed by atoms with Gasteiger partial charge in [-0.15, -0.1) is 0 Å². The van der Waals surface area contributed by atoms with E-state index in [-0.39, 0.29) is 5.82 Å². The monoisotopic (exact) mass is 507 g/mol. The molecule has 0 atom stereocenters. The molecule has 9 heteroatoms. The Bertz CT molecular complexity index is 1100. The summed E-state index contributed by atoms with van der Waals surface area (Å²) in [6, 6.07) is 9.59. The number of piperazine rings is 1. The van der Waals surface area contributed by atoms with Crippen LogP contribution in [0.1, 0.15) is 17.5 Å². The summed E-state index contributed by atoms with van der Waals surface area (Å²) < 4.78 is 40.3. The van der Waals surface area contributed by atoms with Crippen LogP contribution in [0.5, 0.6) is 0 Å². The summed E-state index contributed by atoms with van der Waals surface area (Å²) in [6.45, 7) is 7.77. The van der Waals surface area contributed by atoms with E-state index in [1.165, 1.54) is 0 Å². The third-order valence-electron chi connectivity index (χ3n) is 5.56. The SMILES string of the molecule is Cc1cccc2c(NCCCN3CCNCC3)nc(-c3cc(Br)cc(C(F)(F)F)c3)nc12. The molecular weight excluding hydrogens is 483 g/mol. The van der Waals surface area contributed by atoms with Gasteiger partial charge in [-0.3, -0.25) is 0 Å². The van der Waals surface area contributed by atoms with Crippen molar-refractivity contribution in [1.29, 1.82) is 0 Å². The van der Waals surface area contributed by atoms with Gasteiger partial charge in [0.1, 0.15) is 5.82 Å². The van der Waals surface area contributed by atoms with E-state index >= 15 is 0 Å². The predicted octanol–water partition coefficient (Wildman–Crippen LogP) is 5.09. The van der Waals surface area contributed by atoms with Crippen LogP contribution in [0.4, 0.5) is 19.0 Å². The number of nitrogens with zero attached hydrogens (tertiary/aromatic N) is 3. The Balaban J connectivity index is 1.63. The average molecular weight is 508 g/mol. The van der Waals surface area contributed by atoms with Crippen LogP contribution in [-0.2, 0) is 6.18 Å². The summed E-state index contributed by atoms with van der Waals surface area (Å²) in [6.07, 6.45) is -3.50. The molecule has 1 fully saturated rings. The molecule has 5 nitrogen and oxygen atoms in total. The highest BCUT2D eigenvalue weighted by Gasteiger charge is 2.31. The fourth-order valence-corrected chi connectivity index (χ4v) is 4.38. The lowest BCUT2D eigenvalue weighted by Crippen LogP contribution is -2.44. The van der Waals surface area contributed by atoms with Gasteiger partial charge >= 0.3 is 6.18 Å². The molecule has 0 saturated carbocycles. The van der Waals surface area contributed by atoms with Crippen molar-refractivity contribution in [2.45, 2.75) is 19.5 Å². The van der Waals surface area contributed by atoms with Crippen LogP contribution in [0.25, 0.3) is 22.3 Å². The minimum Gasteiger partial charge on any atom is -0.369 e. The number of aromatic nitrogens is 2. The molecule has 1 aliphatic heterocycles. The number of hydrogen-bond acceptors (Lipinski definition) is 5. The topological polar surface area (TPSA) is 53.1 Å². The van der Waals surface area contributed by atoms with Gasteiger partial charge in [-0.05, 0) is 49.7 Å². The minimum atomic E-state index is -4.45. The molecule has 3 aromatic rings. The lowest BCUT2D eigenvalue weighted by atomic mass is 10.1. The van der Waals surface area contributed by atoms with E-state index in [1.54, 1.807) is 6.07 Å². The first-order valence-electron chi connectivity index (χ1n) is 10.6. The summed E-state index contributed by atoms with van der Waals surface area (Å²) >= 11 is 3.19. The molecule has 1 aromatic heterocycles. The normalized spacial score (nSPS) is 15.3. The Morgan fingerprint density at radius 1 is 1.12 bits per heavy atom. The minimum absolute atomic E-state index is 0.267. The van der Waals surface area contributed by atoms with Crippen molar-refractivity contribution in [1.82, 2.24) is 20.2 Å². The van der Waals surface area contributed by atoms with E-state index in [0.717, 1.165) is 74.3 Å². The molecule has 2 heterocycles. The van der Waals surface area contributed by atoms with Gasteiger partial charge in [-0.2, -0.15) is 13.2 Å². The zero-order chi connectivity index (χ0) is 22.7. The lowest BCUT2D eigenvalue weighted by Gasteiger charge is -2.27. The van der Waals surface area contributed by atoms with Crippen LogP contribution in [0.3, 0.4) is 0 Å². The van der Waals surface area contributed by atoms with E-state index in [9.17, 15) is 13.2 Å². The Morgan fingerprint density at radius 2 is 1.91 bits per heavy atom. The number of anilines is 1. The van der Waals surface area contributed by atoms with E-state index in [1.807, 2.05) is 25.1 Å². The molecule has 4 rings (SSSR count). The maximum atomic E-state index is 13.3. The van der Waals surface area contributed by atoms with Crippen molar-refractivity contribution in [2.24, 2.45) is 0 Å². The number of rotatable bonds is 6. The molecule has 32 heavy (non-hydrogen) atoms. The first-order valence-corrected chi connectivity index (χ1v) is 11.4. The number of nitrogens with one attached hydrogen (secondary N) is 2. The third-order valence-corrected chi connectivity index (χ3v) is 6.02. The summed E-state index contributed by atoms with van der Waals surface area (Å²) in [7, 11) is 0. The number of halogens is 4. The zero-order valence-corrected chi connectivity index (χ0v) is 19.4.